The SMILES string of the molecule is CCCCCCC#Cc1ccc(C=C(C(=O)OCC)C(=O)OCC)o1. The van der Waals surface area contributed by atoms with Gasteiger partial charge < -0.3 is 13.9 Å². The Labute approximate surface area is 149 Å². The topological polar surface area (TPSA) is 65.7 Å². The van der Waals surface area contributed by atoms with E-state index in [4.69, 9.17) is 13.9 Å². The number of furan rings is 1. The fourth-order valence-corrected chi connectivity index (χ4v) is 2.05. The van der Waals surface area contributed by atoms with Gasteiger partial charge in [0.2, 0.25) is 0 Å². The molecule has 25 heavy (non-hydrogen) atoms. The average molecular weight is 346 g/mol. The maximum Gasteiger partial charge on any atom is 0.345 e. The average Bonchev–Trinajstić information content (AvgIpc) is 3.03. The van der Waals surface area contributed by atoms with Gasteiger partial charge in [0.05, 0.1) is 13.2 Å². The number of ether oxygens (including phenoxy) is 2. The lowest BCUT2D eigenvalue weighted by molar-refractivity contribution is -0.146. The van der Waals surface area contributed by atoms with Gasteiger partial charge in [-0.05, 0) is 38.3 Å². The molecule has 0 amide bonds. The van der Waals surface area contributed by atoms with Crippen LogP contribution in [0.25, 0.3) is 6.08 Å². The van der Waals surface area contributed by atoms with E-state index in [1.807, 2.05) is 0 Å². The predicted octanol–water partition coefficient (Wildman–Crippen LogP) is 4.11. The van der Waals surface area contributed by atoms with E-state index in [1.165, 1.54) is 25.3 Å². The van der Waals surface area contributed by atoms with Crippen LogP contribution in [0, 0.1) is 11.8 Å². The summed E-state index contributed by atoms with van der Waals surface area (Å²) in [6, 6.07) is 3.36. The van der Waals surface area contributed by atoms with Crippen LogP contribution < -0.4 is 0 Å². The zero-order valence-corrected chi connectivity index (χ0v) is 15.2. The van der Waals surface area contributed by atoms with Crippen molar-refractivity contribution in [2.24, 2.45) is 0 Å². The number of unbranched alkanes of at least 4 members (excludes halogenated alkanes) is 4. The summed E-state index contributed by atoms with van der Waals surface area (Å²) in [4.78, 5) is 23.8. The summed E-state index contributed by atoms with van der Waals surface area (Å²) < 4.78 is 15.3. The molecule has 0 unspecified atom stereocenters. The monoisotopic (exact) mass is 346 g/mol. The van der Waals surface area contributed by atoms with Crippen LogP contribution in [-0.4, -0.2) is 25.2 Å². The summed E-state index contributed by atoms with van der Waals surface area (Å²) >= 11 is 0. The van der Waals surface area contributed by atoms with E-state index in [2.05, 4.69) is 18.8 Å². The minimum atomic E-state index is -0.735. The van der Waals surface area contributed by atoms with Crippen LogP contribution in [0.4, 0.5) is 0 Å². The van der Waals surface area contributed by atoms with E-state index in [1.54, 1.807) is 26.0 Å². The Morgan fingerprint density at radius 2 is 1.72 bits per heavy atom. The molecular weight excluding hydrogens is 320 g/mol. The van der Waals surface area contributed by atoms with Crippen LogP contribution in [0.1, 0.15) is 64.4 Å². The van der Waals surface area contributed by atoms with Gasteiger partial charge in [0.1, 0.15) is 11.3 Å². The first-order chi connectivity index (χ1) is 12.1. The van der Waals surface area contributed by atoms with Crippen molar-refractivity contribution in [1.29, 1.82) is 0 Å². The van der Waals surface area contributed by atoms with Gasteiger partial charge in [-0.25, -0.2) is 9.59 Å². The third kappa shape index (κ3) is 7.75. The highest BCUT2D eigenvalue weighted by Gasteiger charge is 2.21. The molecule has 1 aromatic rings. The summed E-state index contributed by atoms with van der Waals surface area (Å²) in [6.07, 6.45) is 6.82. The lowest BCUT2D eigenvalue weighted by Gasteiger charge is -2.05. The molecule has 1 rings (SSSR count). The van der Waals surface area contributed by atoms with Crippen molar-refractivity contribution in [1.82, 2.24) is 0 Å². The lowest BCUT2D eigenvalue weighted by Crippen LogP contribution is -2.18. The molecular formula is C20H26O5. The van der Waals surface area contributed by atoms with Gasteiger partial charge in [-0.15, -0.1) is 0 Å². The number of carbonyl (C=O) groups excluding carboxylic acids is 2. The number of carbonyl (C=O) groups is 2. The Morgan fingerprint density at radius 1 is 1.04 bits per heavy atom. The van der Waals surface area contributed by atoms with Crippen molar-refractivity contribution in [2.75, 3.05) is 13.2 Å². The Bertz CT molecular complexity index is 623. The first kappa shape index (κ1) is 20.6. The van der Waals surface area contributed by atoms with Crippen LogP contribution in [-0.2, 0) is 19.1 Å². The van der Waals surface area contributed by atoms with Crippen molar-refractivity contribution < 1.29 is 23.5 Å². The molecule has 1 heterocycles. The molecule has 0 spiro atoms. The largest absolute Gasteiger partial charge is 0.462 e. The first-order valence-corrected chi connectivity index (χ1v) is 8.77. The van der Waals surface area contributed by atoms with E-state index in [0.29, 0.717) is 11.5 Å². The third-order valence-corrected chi connectivity index (χ3v) is 3.27. The van der Waals surface area contributed by atoms with Crippen molar-refractivity contribution in [3.63, 3.8) is 0 Å². The maximum atomic E-state index is 11.9. The Balaban J connectivity index is 2.79. The van der Waals surface area contributed by atoms with Crippen LogP contribution in [0.15, 0.2) is 22.1 Å². The van der Waals surface area contributed by atoms with Crippen molar-refractivity contribution in [3.05, 3.63) is 29.2 Å². The van der Waals surface area contributed by atoms with E-state index >= 15 is 0 Å². The highest BCUT2D eigenvalue weighted by molar-refractivity contribution is 6.17. The minimum Gasteiger partial charge on any atom is -0.462 e. The van der Waals surface area contributed by atoms with E-state index in [9.17, 15) is 9.59 Å². The van der Waals surface area contributed by atoms with Gasteiger partial charge in [0.15, 0.2) is 5.76 Å². The quantitative estimate of drug-likeness (QED) is 0.168. The Hall–Kier alpha value is -2.48. The van der Waals surface area contributed by atoms with Crippen LogP contribution in [0.3, 0.4) is 0 Å². The number of hydrogen-bond acceptors (Lipinski definition) is 5. The summed E-state index contributed by atoms with van der Waals surface area (Å²) in [5, 5.41) is 0. The second-order valence-electron chi connectivity index (χ2n) is 5.31. The molecule has 5 heteroatoms. The van der Waals surface area contributed by atoms with Gasteiger partial charge in [-0.3, -0.25) is 0 Å². The molecule has 0 radical (unpaired) electrons. The van der Waals surface area contributed by atoms with Gasteiger partial charge in [0.25, 0.3) is 0 Å². The smallest absolute Gasteiger partial charge is 0.345 e. The van der Waals surface area contributed by atoms with Gasteiger partial charge in [0, 0.05) is 12.5 Å². The molecule has 0 aromatic carbocycles. The maximum absolute atomic E-state index is 11.9. The molecule has 0 fully saturated rings. The van der Waals surface area contributed by atoms with E-state index < -0.39 is 11.9 Å². The Morgan fingerprint density at radius 3 is 2.32 bits per heavy atom. The molecule has 0 N–H and O–H groups in total. The molecule has 1 aromatic heterocycles. The third-order valence-electron chi connectivity index (χ3n) is 3.27. The van der Waals surface area contributed by atoms with Crippen LogP contribution in [0.2, 0.25) is 0 Å². The summed E-state index contributed by atoms with van der Waals surface area (Å²) in [7, 11) is 0. The molecule has 0 aliphatic heterocycles. The summed E-state index contributed by atoms with van der Waals surface area (Å²) in [5.74, 6) is 5.39. The predicted molar refractivity (Wildman–Crippen MR) is 95.6 cm³/mol. The highest BCUT2D eigenvalue weighted by atomic mass is 16.6. The normalized spacial score (nSPS) is 9.72. The molecule has 5 nitrogen and oxygen atoms in total. The van der Waals surface area contributed by atoms with Gasteiger partial charge in [-0.1, -0.05) is 32.1 Å². The second kappa shape index (κ2) is 12.0. The highest BCUT2D eigenvalue weighted by Crippen LogP contribution is 2.14. The lowest BCUT2D eigenvalue weighted by atomic mass is 10.1. The number of esters is 2. The molecule has 0 saturated heterocycles. The second-order valence-corrected chi connectivity index (χ2v) is 5.31. The number of hydrogen-bond donors (Lipinski definition) is 0. The molecule has 0 atom stereocenters. The van der Waals surface area contributed by atoms with E-state index in [0.717, 1.165) is 12.8 Å². The van der Waals surface area contributed by atoms with Crippen LogP contribution in [0.5, 0.6) is 0 Å². The molecule has 0 bridgehead atoms. The molecule has 136 valence electrons. The van der Waals surface area contributed by atoms with Gasteiger partial charge in [-0.2, -0.15) is 0 Å². The standard InChI is InChI=1S/C20H26O5/c1-4-7-8-9-10-11-12-16-13-14-17(25-16)15-18(19(21)23-5-2)20(22)24-6-3/h13-15H,4-10H2,1-3H3. The zero-order valence-electron chi connectivity index (χ0n) is 15.2. The van der Waals surface area contributed by atoms with Crippen molar-refractivity contribution in [2.45, 2.75) is 52.9 Å². The molecule has 0 aliphatic rings. The summed E-state index contributed by atoms with van der Waals surface area (Å²) in [6.45, 7) is 5.85. The molecule has 0 saturated carbocycles. The number of rotatable bonds is 9. The summed E-state index contributed by atoms with van der Waals surface area (Å²) in [5.41, 5.74) is -0.197. The Kier molecular flexibility index (Phi) is 9.84. The van der Waals surface area contributed by atoms with E-state index in [-0.39, 0.29) is 18.8 Å². The fraction of sp³-hybridized carbons (Fsp3) is 0.500. The first-order valence-electron chi connectivity index (χ1n) is 8.77. The van der Waals surface area contributed by atoms with Crippen molar-refractivity contribution >= 4 is 18.0 Å². The van der Waals surface area contributed by atoms with Gasteiger partial charge >= 0.3 is 11.9 Å². The van der Waals surface area contributed by atoms with Crippen LogP contribution >= 0.6 is 0 Å². The van der Waals surface area contributed by atoms with Crippen molar-refractivity contribution in [3.8, 4) is 11.8 Å². The molecule has 0 aliphatic carbocycles. The zero-order chi connectivity index (χ0) is 18.5. The fourth-order valence-electron chi connectivity index (χ4n) is 2.05. The minimum absolute atomic E-state index is 0.169.